The fourth-order valence-corrected chi connectivity index (χ4v) is 19.3. The van der Waals surface area contributed by atoms with Crippen LogP contribution in [-0.2, 0) is 16.2 Å². The van der Waals surface area contributed by atoms with Gasteiger partial charge in [0, 0.05) is 46.3 Å². The van der Waals surface area contributed by atoms with Crippen molar-refractivity contribution in [3.8, 4) is 67.5 Å². The van der Waals surface area contributed by atoms with E-state index < -0.39 is 39.5 Å². The number of hydrogen-bond donors (Lipinski definition) is 0. The van der Waals surface area contributed by atoms with Crippen LogP contribution in [0.1, 0.15) is 100 Å². The van der Waals surface area contributed by atoms with Gasteiger partial charge < -0.3 is 19.3 Å². The predicted molar refractivity (Wildman–Crippen MR) is 459 cm³/mol. The Kier molecular flexibility index (Phi) is 16.5. The molecule has 0 radical (unpaired) electrons. The molecule has 20 rings (SSSR count). The van der Waals surface area contributed by atoms with Crippen molar-refractivity contribution in [1.82, 2.24) is 0 Å². The topological polar surface area (TPSA) is 24.9 Å². The Morgan fingerprint density at radius 3 is 0.826 bits per heavy atom. The average Bonchev–Trinajstić information content (AvgIpc) is 1.55. The van der Waals surface area contributed by atoms with Gasteiger partial charge in [0.15, 0.2) is 23.3 Å². The Morgan fingerprint density at radius 2 is 0.513 bits per heavy atom. The van der Waals surface area contributed by atoms with Crippen LogP contribution in [0.15, 0.2) is 353 Å². The Balaban J connectivity index is 0.779. The fourth-order valence-electron chi connectivity index (χ4n) is 19.3. The molecule has 0 bridgehead atoms. The SMILES string of the molecule is C=Cc1ccc(Oc2ccc(C3(c4cc(C)ccc4C)c4ccccc4-c4ccc(N(c5ccc(F)c(F)c5)c5ccc6c(c5)C5(c7ccccc7-6)c6ccccc6-c6ccc(N(c7ccc(F)c(F)c7)c7ccc8c(c7)C(c7ccc(Oc9ccc(C=C)cc9)cc7)(c7cc(C)ccc7C)c7ccccc7-8)cc65)cc43)cc2)cc1. The highest BCUT2D eigenvalue weighted by Crippen LogP contribution is 2.66. The van der Waals surface area contributed by atoms with Crippen molar-refractivity contribution in [3.63, 3.8) is 0 Å². The summed E-state index contributed by atoms with van der Waals surface area (Å²) in [5.41, 5.74) is 28.0. The summed E-state index contributed by atoms with van der Waals surface area (Å²) in [6.45, 7) is 16.5. The zero-order valence-corrected chi connectivity index (χ0v) is 63.6. The van der Waals surface area contributed by atoms with Gasteiger partial charge in [-0.2, -0.15) is 0 Å². The molecule has 0 aromatic heterocycles. The van der Waals surface area contributed by atoms with E-state index in [-0.39, 0.29) is 0 Å². The van der Waals surface area contributed by atoms with Crippen LogP contribution in [0.5, 0.6) is 23.0 Å². The number of anilines is 6. The largest absolute Gasteiger partial charge is 0.457 e. The molecular weight excluding hydrogens is 1420 g/mol. The van der Waals surface area contributed by atoms with Gasteiger partial charge in [0.2, 0.25) is 0 Å². The molecule has 0 heterocycles. The van der Waals surface area contributed by atoms with Gasteiger partial charge in [-0.15, -0.1) is 0 Å². The minimum Gasteiger partial charge on any atom is -0.457 e. The number of rotatable bonds is 16. The highest BCUT2D eigenvalue weighted by Gasteiger charge is 2.54. The lowest BCUT2D eigenvalue weighted by Crippen LogP contribution is -2.30. The van der Waals surface area contributed by atoms with Crippen molar-refractivity contribution in [1.29, 1.82) is 0 Å². The van der Waals surface area contributed by atoms with Crippen molar-refractivity contribution in [2.24, 2.45) is 0 Å². The molecule has 2 unspecified atom stereocenters. The van der Waals surface area contributed by atoms with E-state index in [1.54, 1.807) is 12.1 Å². The van der Waals surface area contributed by atoms with Gasteiger partial charge >= 0.3 is 0 Å². The summed E-state index contributed by atoms with van der Waals surface area (Å²) in [6, 6.07) is 115. The summed E-state index contributed by atoms with van der Waals surface area (Å²) in [6.07, 6.45) is 3.62. The molecule has 0 N–H and O–H groups in total. The van der Waals surface area contributed by atoms with E-state index in [9.17, 15) is 0 Å². The summed E-state index contributed by atoms with van der Waals surface area (Å²) in [7, 11) is 0. The number of fused-ring (bicyclic) bond motifs is 16. The molecule has 115 heavy (non-hydrogen) atoms. The second-order valence-electron chi connectivity index (χ2n) is 30.7. The predicted octanol–water partition coefficient (Wildman–Crippen LogP) is 28.4. The summed E-state index contributed by atoms with van der Waals surface area (Å²) in [4.78, 5) is 4.12. The number of halogens is 4. The van der Waals surface area contributed by atoms with Crippen molar-refractivity contribution < 1.29 is 27.0 Å². The van der Waals surface area contributed by atoms with E-state index in [0.717, 1.165) is 145 Å². The minimum atomic E-state index is -1.02. The van der Waals surface area contributed by atoms with E-state index in [4.69, 9.17) is 9.47 Å². The first kappa shape index (κ1) is 70.1. The van der Waals surface area contributed by atoms with Crippen molar-refractivity contribution in [2.45, 2.75) is 43.9 Å². The lowest BCUT2D eigenvalue weighted by molar-refractivity contribution is 0.482. The molecule has 4 aliphatic rings. The zero-order valence-electron chi connectivity index (χ0n) is 63.6. The molecule has 0 amide bonds. The third-order valence-corrected chi connectivity index (χ3v) is 24.3. The lowest BCUT2D eigenvalue weighted by Gasteiger charge is -2.36. The van der Waals surface area contributed by atoms with Gasteiger partial charge in [-0.1, -0.05) is 243 Å². The van der Waals surface area contributed by atoms with Crippen LogP contribution in [0, 0.1) is 51.0 Å². The molecule has 16 aromatic carbocycles. The van der Waals surface area contributed by atoms with Crippen LogP contribution in [0.2, 0.25) is 0 Å². The molecule has 2 atom stereocenters. The second-order valence-corrected chi connectivity index (χ2v) is 30.7. The second kappa shape index (κ2) is 27.1. The molecule has 4 aliphatic carbocycles. The molecule has 4 nitrogen and oxygen atoms in total. The van der Waals surface area contributed by atoms with E-state index in [0.29, 0.717) is 57.1 Å². The Labute approximate surface area is 666 Å². The summed E-state index contributed by atoms with van der Waals surface area (Å²) in [5, 5.41) is 0. The summed E-state index contributed by atoms with van der Waals surface area (Å²) >= 11 is 0. The molecule has 0 aliphatic heterocycles. The van der Waals surface area contributed by atoms with Crippen LogP contribution in [0.25, 0.3) is 56.7 Å². The van der Waals surface area contributed by atoms with Crippen LogP contribution >= 0.6 is 0 Å². The summed E-state index contributed by atoms with van der Waals surface area (Å²) < 4.78 is 77.6. The monoisotopic (exact) mass is 1490 g/mol. The zero-order chi connectivity index (χ0) is 78.2. The molecule has 8 heteroatoms. The van der Waals surface area contributed by atoms with Gasteiger partial charge in [-0.25, -0.2) is 17.6 Å². The Bertz CT molecular complexity index is 6300. The quantitative estimate of drug-likeness (QED) is 0.0900. The maximum Gasteiger partial charge on any atom is 0.160 e. The normalized spacial score (nSPS) is 16.0. The first-order valence-corrected chi connectivity index (χ1v) is 38.8. The Hall–Kier alpha value is -14.1. The van der Waals surface area contributed by atoms with Crippen molar-refractivity contribution in [2.75, 3.05) is 9.80 Å². The van der Waals surface area contributed by atoms with Gasteiger partial charge in [0.1, 0.15) is 23.0 Å². The van der Waals surface area contributed by atoms with Crippen molar-refractivity contribution in [3.05, 3.63) is 476 Å². The number of benzene rings is 16. The van der Waals surface area contributed by atoms with Crippen LogP contribution < -0.4 is 19.3 Å². The molecular formula is C107H74F4N2O2. The lowest BCUT2D eigenvalue weighted by atomic mass is 9.66. The van der Waals surface area contributed by atoms with E-state index in [2.05, 4.69) is 281 Å². The smallest absolute Gasteiger partial charge is 0.160 e. The van der Waals surface area contributed by atoms with Gasteiger partial charge in [-0.05, 0) is 283 Å². The number of hydrogen-bond acceptors (Lipinski definition) is 4. The maximum atomic E-state index is 16.6. The molecule has 0 saturated heterocycles. The summed E-state index contributed by atoms with van der Waals surface area (Å²) in [5.74, 6) is -1.15. The molecule has 16 aromatic rings. The first-order valence-electron chi connectivity index (χ1n) is 38.8. The highest BCUT2D eigenvalue weighted by atomic mass is 19.2. The van der Waals surface area contributed by atoms with Gasteiger partial charge in [-0.3, -0.25) is 0 Å². The third-order valence-electron chi connectivity index (χ3n) is 24.3. The molecule has 552 valence electrons. The van der Waals surface area contributed by atoms with E-state index in [1.165, 1.54) is 24.3 Å². The molecule has 0 saturated carbocycles. The fraction of sp³-hybridized carbons (Fsp3) is 0.0654. The van der Waals surface area contributed by atoms with Crippen molar-refractivity contribution >= 4 is 46.3 Å². The van der Waals surface area contributed by atoms with Crippen LogP contribution in [0.4, 0.5) is 51.7 Å². The number of aryl methyl sites for hydroxylation is 4. The van der Waals surface area contributed by atoms with Crippen LogP contribution in [0.3, 0.4) is 0 Å². The standard InChI is InChI=1S/C107H74F4N2O2/c1-7-69-29-43-79(44-30-69)114-81-47-33-71(34-48-81)105(95-57-65(3)25-27-67(95)5)91-21-13-9-17-83(91)87-51-37-73(59-97(87)105)112(77-41-55-101(108)103(110)63-77)75-39-53-89-85-19-11-15-23-93(85)107(99(89)61-75)94-24-16-12-20-86(94)90-54-40-76(62-100(90)107)113(78-42-56-102(109)104(111)64-78)74-38-52-88-84-18-10-14-22-92(84)106(98(88)60-74,96-58-66(4)26-28-68(96)6)72-35-49-82(50-36-72)115-80-45-31-70(8-2)32-46-80/h7-64H,1-2H2,3-6H3. The van der Waals surface area contributed by atoms with Gasteiger partial charge in [0.05, 0.1) is 16.2 Å². The Morgan fingerprint density at radius 1 is 0.243 bits per heavy atom. The molecule has 0 fully saturated rings. The highest BCUT2D eigenvalue weighted by molar-refractivity contribution is 5.99. The van der Waals surface area contributed by atoms with Crippen LogP contribution in [-0.4, -0.2) is 0 Å². The van der Waals surface area contributed by atoms with Gasteiger partial charge in [0.25, 0.3) is 0 Å². The first-order chi connectivity index (χ1) is 56.1. The van der Waals surface area contributed by atoms with E-state index >= 15 is 17.6 Å². The van der Waals surface area contributed by atoms with E-state index in [1.807, 2.05) is 84.9 Å². The third kappa shape index (κ3) is 10.8. The number of ether oxygens (including phenoxy) is 2. The molecule has 1 spiro atoms. The maximum absolute atomic E-state index is 16.6. The number of nitrogens with zero attached hydrogens (tertiary/aromatic N) is 2. The minimum absolute atomic E-state index is 0.409. The average molecular weight is 1500 g/mol.